The molecular weight excluding hydrogens is 204 g/mol. The van der Waals surface area contributed by atoms with Gasteiger partial charge in [-0.1, -0.05) is 0 Å². The number of hydrogen-bond acceptors (Lipinski definition) is 4. The first-order valence-corrected chi connectivity index (χ1v) is 6.45. The van der Waals surface area contributed by atoms with Crippen molar-refractivity contribution in [3.63, 3.8) is 0 Å². The summed E-state index contributed by atoms with van der Waals surface area (Å²) in [6, 6.07) is 0.720. The molecule has 4 heteroatoms. The smallest absolute Gasteiger partial charge is 0.0715 e. The molecule has 0 aliphatic carbocycles. The highest BCUT2D eigenvalue weighted by Gasteiger charge is 2.25. The summed E-state index contributed by atoms with van der Waals surface area (Å²) in [5.41, 5.74) is 0. The Balaban J connectivity index is 1.59. The number of methoxy groups -OCH3 is 1. The van der Waals surface area contributed by atoms with Gasteiger partial charge in [0.05, 0.1) is 19.3 Å². The molecule has 4 nitrogen and oxygen atoms in total. The Morgan fingerprint density at radius 1 is 1.31 bits per heavy atom. The second-order valence-corrected chi connectivity index (χ2v) is 4.83. The maximum absolute atomic E-state index is 5.75. The van der Waals surface area contributed by atoms with Crippen LogP contribution in [0.3, 0.4) is 0 Å². The lowest BCUT2D eigenvalue weighted by Gasteiger charge is -2.20. The first kappa shape index (κ1) is 12.3. The Bertz CT molecular complexity index is 195. The van der Waals surface area contributed by atoms with Crippen LogP contribution in [0, 0.1) is 0 Å². The van der Waals surface area contributed by atoms with E-state index in [0.717, 1.165) is 19.2 Å². The van der Waals surface area contributed by atoms with Crippen LogP contribution in [-0.4, -0.2) is 63.5 Å². The molecule has 0 unspecified atom stereocenters. The van der Waals surface area contributed by atoms with Crippen molar-refractivity contribution in [1.82, 2.24) is 10.2 Å². The van der Waals surface area contributed by atoms with Gasteiger partial charge in [0, 0.05) is 32.8 Å². The first-order valence-electron chi connectivity index (χ1n) is 6.45. The van der Waals surface area contributed by atoms with Gasteiger partial charge < -0.3 is 14.8 Å². The summed E-state index contributed by atoms with van der Waals surface area (Å²) < 4.78 is 10.7. The summed E-state index contributed by atoms with van der Waals surface area (Å²) >= 11 is 0. The lowest BCUT2D eigenvalue weighted by Crippen LogP contribution is -2.36. The fourth-order valence-corrected chi connectivity index (χ4v) is 2.62. The van der Waals surface area contributed by atoms with Gasteiger partial charge >= 0.3 is 0 Å². The van der Waals surface area contributed by atoms with Crippen LogP contribution in [0.15, 0.2) is 0 Å². The topological polar surface area (TPSA) is 33.7 Å². The van der Waals surface area contributed by atoms with Crippen molar-refractivity contribution in [2.45, 2.75) is 31.4 Å². The van der Waals surface area contributed by atoms with Crippen LogP contribution in [0.25, 0.3) is 0 Å². The number of nitrogens with one attached hydrogen (secondary N) is 1. The van der Waals surface area contributed by atoms with Crippen molar-refractivity contribution < 1.29 is 9.47 Å². The molecule has 2 heterocycles. The van der Waals surface area contributed by atoms with E-state index in [9.17, 15) is 0 Å². The third-order valence-electron chi connectivity index (χ3n) is 3.51. The van der Waals surface area contributed by atoms with Crippen LogP contribution in [0.5, 0.6) is 0 Å². The van der Waals surface area contributed by atoms with Gasteiger partial charge in [0.25, 0.3) is 0 Å². The molecule has 2 fully saturated rings. The minimum Gasteiger partial charge on any atom is -0.382 e. The van der Waals surface area contributed by atoms with E-state index in [1.807, 2.05) is 0 Å². The average Bonchev–Trinajstić information content (AvgIpc) is 2.91. The van der Waals surface area contributed by atoms with Gasteiger partial charge in [-0.15, -0.1) is 0 Å². The molecule has 2 aliphatic rings. The van der Waals surface area contributed by atoms with E-state index in [4.69, 9.17) is 9.47 Å². The van der Waals surface area contributed by atoms with Crippen molar-refractivity contribution in [3.8, 4) is 0 Å². The summed E-state index contributed by atoms with van der Waals surface area (Å²) in [6.07, 6.45) is 4.28. The lowest BCUT2D eigenvalue weighted by atomic mass is 10.2. The van der Waals surface area contributed by atoms with E-state index in [-0.39, 0.29) is 0 Å². The normalized spacial score (nSPS) is 31.3. The molecular formula is C12H24N2O2. The molecule has 94 valence electrons. The van der Waals surface area contributed by atoms with E-state index in [1.54, 1.807) is 7.11 Å². The van der Waals surface area contributed by atoms with Gasteiger partial charge in [-0.2, -0.15) is 0 Å². The number of ether oxygens (including phenoxy) is 2. The number of rotatable bonds is 6. The summed E-state index contributed by atoms with van der Waals surface area (Å²) in [7, 11) is 1.72. The maximum Gasteiger partial charge on any atom is 0.0715 e. The third-order valence-corrected chi connectivity index (χ3v) is 3.51. The summed E-state index contributed by atoms with van der Waals surface area (Å²) in [4.78, 5) is 2.53. The van der Waals surface area contributed by atoms with Crippen LogP contribution in [-0.2, 0) is 9.47 Å². The Kier molecular flexibility index (Phi) is 5.03. The predicted octanol–water partition coefficient (Wildman–Crippen LogP) is 0.476. The Labute approximate surface area is 98.3 Å². The van der Waals surface area contributed by atoms with E-state index in [0.29, 0.717) is 12.7 Å². The Morgan fingerprint density at radius 2 is 2.25 bits per heavy atom. The molecule has 0 aromatic rings. The van der Waals surface area contributed by atoms with Gasteiger partial charge in [0.2, 0.25) is 0 Å². The summed E-state index contributed by atoms with van der Waals surface area (Å²) in [5.74, 6) is 0. The zero-order valence-corrected chi connectivity index (χ0v) is 10.3. The molecule has 0 saturated carbocycles. The highest BCUT2D eigenvalue weighted by molar-refractivity contribution is 4.83. The van der Waals surface area contributed by atoms with E-state index in [2.05, 4.69) is 10.2 Å². The standard InChI is InChI=1S/C12H24N2O2/c1-15-7-8-16-12-4-6-14(10-12)9-11-3-2-5-13-11/h11-13H,2-10H2,1H3/t11-,12-/m0/s1. The van der Waals surface area contributed by atoms with Crippen LogP contribution >= 0.6 is 0 Å². The van der Waals surface area contributed by atoms with Gasteiger partial charge in [-0.3, -0.25) is 4.90 Å². The second kappa shape index (κ2) is 6.55. The van der Waals surface area contributed by atoms with Crippen LogP contribution in [0.4, 0.5) is 0 Å². The molecule has 16 heavy (non-hydrogen) atoms. The van der Waals surface area contributed by atoms with Gasteiger partial charge in [0.15, 0.2) is 0 Å². The van der Waals surface area contributed by atoms with Crippen molar-refractivity contribution in [2.24, 2.45) is 0 Å². The molecule has 2 saturated heterocycles. The van der Waals surface area contributed by atoms with Gasteiger partial charge in [-0.05, 0) is 25.8 Å². The van der Waals surface area contributed by atoms with Crippen molar-refractivity contribution in [3.05, 3.63) is 0 Å². The number of nitrogens with zero attached hydrogens (tertiary/aromatic N) is 1. The predicted molar refractivity (Wildman–Crippen MR) is 63.7 cm³/mol. The molecule has 0 bridgehead atoms. The van der Waals surface area contributed by atoms with E-state index in [1.165, 1.54) is 38.9 Å². The molecule has 2 aliphatic heterocycles. The summed E-state index contributed by atoms with van der Waals surface area (Å²) in [5, 5.41) is 3.55. The molecule has 0 aromatic carbocycles. The fourth-order valence-electron chi connectivity index (χ4n) is 2.62. The average molecular weight is 228 g/mol. The van der Waals surface area contributed by atoms with Crippen LogP contribution in [0.2, 0.25) is 0 Å². The zero-order chi connectivity index (χ0) is 11.2. The number of hydrogen-bond donors (Lipinski definition) is 1. The molecule has 0 aromatic heterocycles. The third kappa shape index (κ3) is 3.70. The maximum atomic E-state index is 5.75. The van der Waals surface area contributed by atoms with Crippen molar-refractivity contribution >= 4 is 0 Å². The first-order chi connectivity index (χ1) is 7.88. The SMILES string of the molecule is COCCO[C@H]1CCN(C[C@@H]2CCCN2)C1. The number of likely N-dealkylation sites (tertiary alicyclic amines) is 1. The van der Waals surface area contributed by atoms with Gasteiger partial charge in [-0.25, -0.2) is 0 Å². The summed E-state index contributed by atoms with van der Waals surface area (Å²) in [6.45, 7) is 6.13. The lowest BCUT2D eigenvalue weighted by molar-refractivity contribution is 0.0219. The Morgan fingerprint density at radius 3 is 3.00 bits per heavy atom. The van der Waals surface area contributed by atoms with Crippen molar-refractivity contribution in [2.75, 3.05) is 46.5 Å². The zero-order valence-electron chi connectivity index (χ0n) is 10.3. The van der Waals surface area contributed by atoms with Crippen molar-refractivity contribution in [1.29, 1.82) is 0 Å². The Hall–Kier alpha value is -0.160. The van der Waals surface area contributed by atoms with E-state index < -0.39 is 0 Å². The molecule has 2 atom stereocenters. The monoisotopic (exact) mass is 228 g/mol. The highest BCUT2D eigenvalue weighted by atomic mass is 16.5. The minimum absolute atomic E-state index is 0.427. The molecule has 0 spiro atoms. The van der Waals surface area contributed by atoms with Crippen LogP contribution < -0.4 is 5.32 Å². The molecule has 1 N–H and O–H groups in total. The van der Waals surface area contributed by atoms with E-state index >= 15 is 0 Å². The largest absolute Gasteiger partial charge is 0.382 e. The fraction of sp³-hybridized carbons (Fsp3) is 1.00. The molecule has 0 radical (unpaired) electrons. The highest BCUT2D eigenvalue weighted by Crippen LogP contribution is 2.15. The quantitative estimate of drug-likeness (QED) is 0.670. The van der Waals surface area contributed by atoms with Gasteiger partial charge in [0.1, 0.15) is 0 Å². The second-order valence-electron chi connectivity index (χ2n) is 4.83. The van der Waals surface area contributed by atoms with Crippen LogP contribution in [0.1, 0.15) is 19.3 Å². The minimum atomic E-state index is 0.427. The molecule has 0 amide bonds. The molecule has 2 rings (SSSR count).